The van der Waals surface area contributed by atoms with Gasteiger partial charge in [-0.3, -0.25) is 0 Å². The van der Waals surface area contributed by atoms with Gasteiger partial charge in [0.1, 0.15) is 11.2 Å². The third kappa shape index (κ3) is 5.83. The lowest BCUT2D eigenvalue weighted by Gasteiger charge is -2.16. The molecule has 0 N–H and O–H groups in total. The average molecular weight is 728 g/mol. The normalized spacial score (nSPS) is 11.5. The molecule has 2 heterocycles. The van der Waals surface area contributed by atoms with Crippen LogP contribution in [0.2, 0.25) is 0 Å². The van der Waals surface area contributed by atoms with Gasteiger partial charge in [0.25, 0.3) is 0 Å². The summed E-state index contributed by atoms with van der Waals surface area (Å²) in [6.07, 6.45) is 0. The summed E-state index contributed by atoms with van der Waals surface area (Å²) in [6.45, 7) is 0. The van der Waals surface area contributed by atoms with E-state index in [4.69, 9.17) is 19.4 Å². The fourth-order valence-corrected chi connectivity index (χ4v) is 8.15. The van der Waals surface area contributed by atoms with E-state index >= 15 is 0 Å². The van der Waals surface area contributed by atoms with Crippen LogP contribution in [-0.4, -0.2) is 15.0 Å². The van der Waals surface area contributed by atoms with Crippen molar-refractivity contribution in [2.45, 2.75) is 0 Å². The Morgan fingerprint density at radius 1 is 0.281 bits per heavy atom. The van der Waals surface area contributed by atoms with Gasteiger partial charge in [-0.15, -0.1) is 0 Å². The molecule has 57 heavy (non-hydrogen) atoms. The summed E-state index contributed by atoms with van der Waals surface area (Å²) in [4.78, 5) is 15.9. The molecular weight excluding hydrogens is 695 g/mol. The highest BCUT2D eigenvalue weighted by Gasteiger charge is 2.21. The first kappa shape index (κ1) is 32.7. The summed E-state index contributed by atoms with van der Waals surface area (Å²) < 4.78 is 6.54. The van der Waals surface area contributed by atoms with Crippen LogP contribution in [-0.2, 0) is 0 Å². The number of aromatic nitrogens is 3. The van der Waals surface area contributed by atoms with Crippen molar-refractivity contribution in [1.29, 1.82) is 0 Å². The number of rotatable bonds is 6. The van der Waals surface area contributed by atoms with E-state index in [2.05, 4.69) is 182 Å². The molecule has 0 fully saturated rings. The Labute approximate surface area is 329 Å². The molecule has 0 aliphatic rings. The van der Waals surface area contributed by atoms with Gasteiger partial charge in [0.15, 0.2) is 17.5 Å². The van der Waals surface area contributed by atoms with Crippen LogP contribution in [0.25, 0.3) is 111 Å². The number of furan rings is 1. The molecule has 0 unspecified atom stereocenters. The van der Waals surface area contributed by atoms with E-state index < -0.39 is 0 Å². The number of hydrogen-bond acceptors (Lipinski definition) is 4. The van der Waals surface area contributed by atoms with Crippen LogP contribution in [0.3, 0.4) is 0 Å². The molecule has 0 aliphatic heterocycles. The first-order valence-corrected chi connectivity index (χ1v) is 19.2. The first-order chi connectivity index (χ1) is 28.2. The van der Waals surface area contributed by atoms with Gasteiger partial charge in [-0.25, -0.2) is 15.0 Å². The summed E-state index contributed by atoms with van der Waals surface area (Å²) in [5.41, 5.74) is 11.0. The molecule has 9 aromatic carbocycles. The van der Waals surface area contributed by atoms with Gasteiger partial charge in [0.2, 0.25) is 0 Å². The van der Waals surface area contributed by atoms with Gasteiger partial charge in [-0.05, 0) is 85.3 Å². The second kappa shape index (κ2) is 13.6. The zero-order chi connectivity index (χ0) is 37.7. The smallest absolute Gasteiger partial charge is 0.164 e. The number of nitrogens with zero attached hydrogens (tertiary/aromatic N) is 3. The van der Waals surface area contributed by atoms with Crippen molar-refractivity contribution in [2.75, 3.05) is 0 Å². The fourth-order valence-electron chi connectivity index (χ4n) is 8.15. The van der Waals surface area contributed by atoms with Crippen molar-refractivity contribution < 1.29 is 4.42 Å². The molecule has 0 amide bonds. The molecule has 11 aromatic rings. The molecule has 0 saturated heterocycles. The Kier molecular flexibility index (Phi) is 7.78. The van der Waals surface area contributed by atoms with Gasteiger partial charge < -0.3 is 4.42 Å². The molecule has 0 saturated carbocycles. The molecule has 266 valence electrons. The summed E-state index contributed by atoms with van der Waals surface area (Å²) in [5.74, 6) is 1.78. The Morgan fingerprint density at radius 3 is 1.68 bits per heavy atom. The summed E-state index contributed by atoms with van der Waals surface area (Å²) in [6, 6.07) is 70.0. The Bertz CT molecular complexity index is 3290. The number of para-hydroxylation sites is 1. The molecule has 0 atom stereocenters. The minimum Gasteiger partial charge on any atom is -0.456 e. The SMILES string of the molecule is c1ccc(-c2cc(-c3nc(-c4ccc(-c5ccccc5)c(-c5cccc6ccccc56)c4)nc(-c4ccc5ccccc5c4)n3)c3c(c2)oc2ccccc23)cc1. The summed E-state index contributed by atoms with van der Waals surface area (Å²) in [7, 11) is 0. The number of fused-ring (bicyclic) bond motifs is 5. The van der Waals surface area contributed by atoms with E-state index in [1.165, 1.54) is 10.8 Å². The third-order valence-electron chi connectivity index (χ3n) is 10.9. The van der Waals surface area contributed by atoms with Gasteiger partial charge in [0, 0.05) is 27.5 Å². The molecule has 0 aliphatic carbocycles. The zero-order valence-electron chi connectivity index (χ0n) is 30.8. The topological polar surface area (TPSA) is 51.8 Å². The lowest BCUT2D eigenvalue weighted by Crippen LogP contribution is -2.01. The second-order valence-corrected chi connectivity index (χ2v) is 14.4. The highest BCUT2D eigenvalue weighted by Crippen LogP contribution is 2.42. The maximum atomic E-state index is 6.54. The number of benzene rings is 9. The van der Waals surface area contributed by atoms with E-state index in [9.17, 15) is 0 Å². The third-order valence-corrected chi connectivity index (χ3v) is 10.9. The summed E-state index contributed by atoms with van der Waals surface area (Å²) in [5, 5.41) is 6.65. The highest BCUT2D eigenvalue weighted by molar-refractivity contribution is 6.13. The second-order valence-electron chi connectivity index (χ2n) is 14.4. The van der Waals surface area contributed by atoms with Crippen LogP contribution in [0.4, 0.5) is 0 Å². The van der Waals surface area contributed by atoms with Crippen LogP contribution in [0, 0.1) is 0 Å². The Morgan fingerprint density at radius 2 is 0.877 bits per heavy atom. The van der Waals surface area contributed by atoms with Crippen molar-refractivity contribution in [3.63, 3.8) is 0 Å². The largest absolute Gasteiger partial charge is 0.456 e. The zero-order valence-corrected chi connectivity index (χ0v) is 30.8. The number of hydrogen-bond donors (Lipinski definition) is 0. The van der Waals surface area contributed by atoms with Gasteiger partial charge >= 0.3 is 0 Å². The molecule has 0 bridgehead atoms. The van der Waals surface area contributed by atoms with Gasteiger partial charge in [0.05, 0.1) is 0 Å². The first-order valence-electron chi connectivity index (χ1n) is 19.2. The standard InChI is InChI=1S/C53H33N3O/c1-3-14-34(15-4-1)41-32-47(50-45-23-11-12-25-48(45)57-49(50)33-41)53-55-51(39-27-26-35-16-7-8-20-38(35)30-39)54-52(56-53)40-28-29-43(36-17-5-2-6-18-36)46(31-40)44-24-13-21-37-19-9-10-22-42(37)44/h1-33H. The van der Waals surface area contributed by atoms with Crippen molar-refractivity contribution in [3.8, 4) is 67.5 Å². The van der Waals surface area contributed by atoms with Crippen molar-refractivity contribution >= 4 is 43.5 Å². The molecule has 11 rings (SSSR count). The van der Waals surface area contributed by atoms with Crippen LogP contribution < -0.4 is 0 Å². The molecular formula is C53H33N3O. The lowest BCUT2D eigenvalue weighted by molar-refractivity contribution is 0.669. The van der Waals surface area contributed by atoms with Crippen LogP contribution in [0.1, 0.15) is 0 Å². The summed E-state index contributed by atoms with van der Waals surface area (Å²) >= 11 is 0. The Balaban J connectivity index is 1.20. The van der Waals surface area contributed by atoms with E-state index in [0.717, 1.165) is 82.8 Å². The van der Waals surface area contributed by atoms with Crippen LogP contribution in [0.15, 0.2) is 205 Å². The quantitative estimate of drug-likeness (QED) is 0.171. The van der Waals surface area contributed by atoms with Crippen molar-refractivity contribution in [1.82, 2.24) is 15.0 Å². The lowest BCUT2D eigenvalue weighted by atomic mass is 9.90. The maximum absolute atomic E-state index is 6.54. The monoisotopic (exact) mass is 727 g/mol. The van der Waals surface area contributed by atoms with Gasteiger partial charge in [-0.2, -0.15) is 0 Å². The van der Waals surface area contributed by atoms with Crippen molar-refractivity contribution in [2.24, 2.45) is 0 Å². The van der Waals surface area contributed by atoms with E-state index in [1.807, 2.05) is 18.2 Å². The maximum Gasteiger partial charge on any atom is 0.164 e. The molecule has 0 spiro atoms. The predicted molar refractivity (Wildman–Crippen MR) is 235 cm³/mol. The minimum atomic E-state index is 0.580. The predicted octanol–water partition coefficient (Wildman–Crippen LogP) is 14.1. The van der Waals surface area contributed by atoms with E-state index in [1.54, 1.807) is 0 Å². The van der Waals surface area contributed by atoms with Crippen LogP contribution in [0.5, 0.6) is 0 Å². The van der Waals surface area contributed by atoms with Crippen molar-refractivity contribution in [3.05, 3.63) is 200 Å². The molecule has 2 aromatic heterocycles. The minimum absolute atomic E-state index is 0.580. The van der Waals surface area contributed by atoms with Gasteiger partial charge in [-0.1, -0.05) is 170 Å². The fraction of sp³-hybridized carbons (Fsp3) is 0. The average Bonchev–Trinajstić information content (AvgIpc) is 3.67. The Hall–Kier alpha value is -7.69. The van der Waals surface area contributed by atoms with Crippen LogP contribution >= 0.6 is 0 Å². The highest BCUT2D eigenvalue weighted by atomic mass is 16.3. The van der Waals surface area contributed by atoms with E-state index in [0.29, 0.717) is 17.5 Å². The van der Waals surface area contributed by atoms with E-state index in [-0.39, 0.29) is 0 Å². The molecule has 4 nitrogen and oxygen atoms in total. The molecule has 4 heteroatoms. The molecule has 0 radical (unpaired) electrons.